The van der Waals surface area contributed by atoms with Crippen LogP contribution in [0.25, 0.3) is 0 Å². The van der Waals surface area contributed by atoms with Gasteiger partial charge in [-0.25, -0.2) is 4.98 Å². The van der Waals surface area contributed by atoms with Crippen LogP contribution >= 0.6 is 11.3 Å². The summed E-state index contributed by atoms with van der Waals surface area (Å²) < 4.78 is 0. The van der Waals surface area contributed by atoms with Gasteiger partial charge in [-0.15, -0.1) is 11.3 Å². The molecular weight excluding hydrogens is 254 g/mol. The van der Waals surface area contributed by atoms with Crippen LogP contribution in [-0.2, 0) is 13.0 Å². The molecule has 1 unspecified atom stereocenters. The summed E-state index contributed by atoms with van der Waals surface area (Å²) in [4.78, 5) is 11.2. The van der Waals surface area contributed by atoms with Crippen molar-refractivity contribution in [1.29, 1.82) is 0 Å². The van der Waals surface area contributed by atoms with Gasteiger partial charge in [-0.3, -0.25) is 9.88 Å². The van der Waals surface area contributed by atoms with Crippen LogP contribution in [0.4, 0.5) is 0 Å². The number of piperidine rings is 1. The van der Waals surface area contributed by atoms with Crippen molar-refractivity contribution in [3.8, 4) is 0 Å². The molecule has 0 spiro atoms. The summed E-state index contributed by atoms with van der Waals surface area (Å²) >= 11 is 1.78. The number of hydrogen-bond donors (Lipinski definition) is 0. The van der Waals surface area contributed by atoms with E-state index in [1.807, 2.05) is 24.7 Å². The Bertz CT molecular complexity index is 483. The van der Waals surface area contributed by atoms with Gasteiger partial charge in [-0.1, -0.05) is 6.07 Å². The molecular formula is C15H19N3S. The second kappa shape index (κ2) is 6.26. The van der Waals surface area contributed by atoms with E-state index < -0.39 is 0 Å². The Kier molecular flexibility index (Phi) is 4.20. The molecule has 3 nitrogen and oxygen atoms in total. The lowest BCUT2D eigenvalue weighted by Gasteiger charge is -2.32. The zero-order chi connectivity index (χ0) is 12.9. The molecule has 3 rings (SSSR count). The average Bonchev–Trinajstić information content (AvgIpc) is 2.93. The van der Waals surface area contributed by atoms with E-state index in [1.54, 1.807) is 11.3 Å². The van der Waals surface area contributed by atoms with Crippen molar-refractivity contribution in [2.75, 3.05) is 13.1 Å². The molecule has 1 aliphatic heterocycles. The molecule has 0 N–H and O–H groups in total. The third kappa shape index (κ3) is 3.61. The Balaban J connectivity index is 1.56. The van der Waals surface area contributed by atoms with E-state index in [4.69, 9.17) is 0 Å². The van der Waals surface area contributed by atoms with Crippen molar-refractivity contribution >= 4 is 11.3 Å². The molecule has 0 saturated carbocycles. The fourth-order valence-electron chi connectivity index (χ4n) is 2.81. The summed E-state index contributed by atoms with van der Waals surface area (Å²) in [5.74, 6) is 0.761. The molecule has 1 atom stereocenters. The van der Waals surface area contributed by atoms with E-state index >= 15 is 0 Å². The molecule has 0 bridgehead atoms. The first-order chi connectivity index (χ1) is 9.40. The van der Waals surface area contributed by atoms with Gasteiger partial charge in [0.25, 0.3) is 0 Å². The quantitative estimate of drug-likeness (QED) is 0.857. The Morgan fingerprint density at radius 1 is 1.37 bits per heavy atom. The average molecular weight is 273 g/mol. The van der Waals surface area contributed by atoms with Gasteiger partial charge in [0.1, 0.15) is 0 Å². The maximum Gasteiger partial charge on any atom is 0.0928 e. The largest absolute Gasteiger partial charge is 0.299 e. The summed E-state index contributed by atoms with van der Waals surface area (Å²) in [7, 11) is 0. The van der Waals surface area contributed by atoms with Crippen LogP contribution in [0.5, 0.6) is 0 Å². The molecule has 0 aliphatic carbocycles. The van der Waals surface area contributed by atoms with Crippen molar-refractivity contribution in [1.82, 2.24) is 14.9 Å². The molecule has 0 amide bonds. The molecule has 1 aliphatic rings. The maximum atomic E-state index is 4.41. The minimum Gasteiger partial charge on any atom is -0.299 e. The lowest BCUT2D eigenvalue weighted by atomic mass is 9.95. The van der Waals surface area contributed by atoms with Crippen molar-refractivity contribution in [3.63, 3.8) is 0 Å². The number of aromatic nitrogens is 2. The van der Waals surface area contributed by atoms with E-state index in [2.05, 4.69) is 26.3 Å². The molecule has 100 valence electrons. The van der Waals surface area contributed by atoms with E-state index in [1.165, 1.54) is 36.5 Å². The van der Waals surface area contributed by atoms with Gasteiger partial charge < -0.3 is 0 Å². The molecule has 1 fully saturated rings. The predicted molar refractivity (Wildman–Crippen MR) is 78.1 cm³/mol. The number of likely N-dealkylation sites (tertiary alicyclic amines) is 1. The van der Waals surface area contributed by atoms with Gasteiger partial charge in [0, 0.05) is 43.5 Å². The fraction of sp³-hybridized carbons (Fsp3) is 0.467. The smallest absolute Gasteiger partial charge is 0.0928 e. The molecule has 1 saturated heterocycles. The third-order valence-corrected chi connectivity index (χ3v) is 4.48. The molecule has 0 radical (unpaired) electrons. The fourth-order valence-corrected chi connectivity index (χ4v) is 3.54. The van der Waals surface area contributed by atoms with Gasteiger partial charge in [0.15, 0.2) is 0 Å². The predicted octanol–water partition coefficient (Wildman–Crippen LogP) is 2.99. The van der Waals surface area contributed by atoms with E-state index in [0.29, 0.717) is 0 Å². The van der Waals surface area contributed by atoms with Crippen LogP contribution in [0.2, 0.25) is 0 Å². The number of hydrogen-bond acceptors (Lipinski definition) is 4. The highest BCUT2D eigenvalue weighted by atomic mass is 32.1. The Morgan fingerprint density at radius 3 is 3.16 bits per heavy atom. The van der Waals surface area contributed by atoms with E-state index in [9.17, 15) is 0 Å². The molecule has 4 heteroatoms. The van der Waals surface area contributed by atoms with Crippen LogP contribution in [0.1, 0.15) is 23.4 Å². The first kappa shape index (κ1) is 12.8. The molecule has 19 heavy (non-hydrogen) atoms. The minimum absolute atomic E-state index is 0.761. The van der Waals surface area contributed by atoms with Crippen LogP contribution in [-0.4, -0.2) is 28.0 Å². The van der Waals surface area contributed by atoms with Crippen LogP contribution in [0, 0.1) is 5.92 Å². The van der Waals surface area contributed by atoms with E-state index in [0.717, 1.165) is 18.9 Å². The second-order valence-corrected chi connectivity index (χ2v) is 6.21. The van der Waals surface area contributed by atoms with Crippen molar-refractivity contribution in [3.05, 3.63) is 46.7 Å². The topological polar surface area (TPSA) is 29.0 Å². The second-order valence-electron chi connectivity index (χ2n) is 5.23. The minimum atomic E-state index is 0.761. The van der Waals surface area contributed by atoms with Crippen molar-refractivity contribution in [2.45, 2.75) is 25.8 Å². The Morgan fingerprint density at radius 2 is 2.37 bits per heavy atom. The molecule has 2 aromatic rings. The van der Waals surface area contributed by atoms with Gasteiger partial charge in [0.05, 0.1) is 5.01 Å². The first-order valence-electron chi connectivity index (χ1n) is 6.90. The van der Waals surface area contributed by atoms with Crippen molar-refractivity contribution in [2.24, 2.45) is 5.92 Å². The van der Waals surface area contributed by atoms with Gasteiger partial charge >= 0.3 is 0 Å². The molecule has 0 aromatic carbocycles. The zero-order valence-corrected chi connectivity index (χ0v) is 11.9. The first-order valence-corrected chi connectivity index (χ1v) is 7.78. The van der Waals surface area contributed by atoms with Crippen molar-refractivity contribution < 1.29 is 0 Å². The third-order valence-electron chi connectivity index (χ3n) is 3.68. The van der Waals surface area contributed by atoms with Crippen LogP contribution in [0.3, 0.4) is 0 Å². The standard InChI is InChI=1S/C15H19N3S/c1-3-14(10-16-5-1)12-18-7-2-4-13(11-18)9-15-17-6-8-19-15/h1,3,5-6,8,10,13H,2,4,7,9,11-12H2. The number of thiazole rings is 1. The lowest BCUT2D eigenvalue weighted by Crippen LogP contribution is -2.35. The van der Waals surface area contributed by atoms with E-state index in [-0.39, 0.29) is 0 Å². The Labute approximate surface area is 118 Å². The van der Waals surface area contributed by atoms with Crippen LogP contribution < -0.4 is 0 Å². The SMILES string of the molecule is c1cncc(CN2CCCC(Cc3nccs3)C2)c1. The summed E-state index contributed by atoms with van der Waals surface area (Å²) in [5.41, 5.74) is 1.32. The maximum absolute atomic E-state index is 4.41. The molecule has 2 aromatic heterocycles. The summed E-state index contributed by atoms with van der Waals surface area (Å²) in [6.07, 6.45) is 9.51. The summed E-state index contributed by atoms with van der Waals surface area (Å²) in [5, 5.41) is 3.36. The Hall–Kier alpha value is -1.26. The number of nitrogens with zero attached hydrogens (tertiary/aromatic N) is 3. The highest BCUT2D eigenvalue weighted by molar-refractivity contribution is 7.09. The normalized spacial score (nSPS) is 20.5. The number of pyridine rings is 1. The highest BCUT2D eigenvalue weighted by Crippen LogP contribution is 2.22. The molecule has 3 heterocycles. The lowest BCUT2D eigenvalue weighted by molar-refractivity contribution is 0.167. The monoisotopic (exact) mass is 273 g/mol. The summed E-state index contributed by atoms with van der Waals surface area (Å²) in [6.45, 7) is 3.43. The highest BCUT2D eigenvalue weighted by Gasteiger charge is 2.20. The van der Waals surface area contributed by atoms with Gasteiger partial charge in [-0.2, -0.15) is 0 Å². The van der Waals surface area contributed by atoms with Gasteiger partial charge in [0.2, 0.25) is 0 Å². The summed E-state index contributed by atoms with van der Waals surface area (Å²) in [6, 6.07) is 4.18. The zero-order valence-electron chi connectivity index (χ0n) is 11.0. The van der Waals surface area contributed by atoms with Gasteiger partial charge in [-0.05, 0) is 36.9 Å². The van der Waals surface area contributed by atoms with Crippen LogP contribution in [0.15, 0.2) is 36.1 Å². The number of rotatable bonds is 4.